The monoisotopic (exact) mass is 363 g/mol. The van der Waals surface area contributed by atoms with Crippen molar-refractivity contribution < 1.29 is 9.59 Å². The summed E-state index contributed by atoms with van der Waals surface area (Å²) in [6.07, 6.45) is 3.66. The lowest BCUT2D eigenvalue weighted by molar-refractivity contribution is -0.123. The number of aryl methyl sites for hydroxylation is 1. The Morgan fingerprint density at radius 3 is 2.52 bits per heavy atom. The minimum absolute atomic E-state index is 0.0225. The zero-order valence-corrected chi connectivity index (χ0v) is 15.8. The fourth-order valence-electron chi connectivity index (χ4n) is 3.17. The number of amides is 2. The van der Waals surface area contributed by atoms with Crippen molar-refractivity contribution in [3.05, 3.63) is 65.9 Å². The van der Waals surface area contributed by atoms with Gasteiger partial charge in [0.25, 0.3) is 0 Å². The van der Waals surface area contributed by atoms with Crippen LogP contribution in [0.1, 0.15) is 25.0 Å². The number of carbonyl (C=O) groups excluding carboxylic acids is 2. The van der Waals surface area contributed by atoms with E-state index < -0.39 is 0 Å². The quantitative estimate of drug-likeness (QED) is 0.675. The molecule has 2 amide bonds. The van der Waals surface area contributed by atoms with E-state index in [1.165, 1.54) is 28.3 Å². The molecule has 5 nitrogen and oxygen atoms in total. The molecule has 1 heterocycles. The molecule has 0 spiro atoms. The molecule has 3 rings (SSSR count). The van der Waals surface area contributed by atoms with Crippen LogP contribution in [0, 0.1) is 0 Å². The maximum atomic E-state index is 12.3. The lowest BCUT2D eigenvalue weighted by Gasteiger charge is -2.21. The van der Waals surface area contributed by atoms with Crippen molar-refractivity contribution in [3.8, 4) is 0 Å². The van der Waals surface area contributed by atoms with Crippen molar-refractivity contribution >= 4 is 28.4 Å². The Hall–Kier alpha value is -3.08. The summed E-state index contributed by atoms with van der Waals surface area (Å²) in [7, 11) is 0. The average molecular weight is 363 g/mol. The molecule has 5 heteroatoms. The van der Waals surface area contributed by atoms with Gasteiger partial charge in [-0.25, -0.2) is 0 Å². The molecule has 0 fully saturated rings. The summed E-state index contributed by atoms with van der Waals surface area (Å²) in [6, 6.07) is 15.9. The van der Waals surface area contributed by atoms with E-state index in [2.05, 4.69) is 23.3 Å². The lowest BCUT2D eigenvalue weighted by atomic mass is 10.1. The van der Waals surface area contributed by atoms with Gasteiger partial charge >= 0.3 is 0 Å². The number of carbonyl (C=O) groups is 2. The smallest absolute Gasteiger partial charge is 0.240 e. The van der Waals surface area contributed by atoms with Gasteiger partial charge in [0.2, 0.25) is 11.8 Å². The Bertz CT molecular complexity index is 928. The summed E-state index contributed by atoms with van der Waals surface area (Å²) >= 11 is 0. The van der Waals surface area contributed by atoms with E-state index >= 15 is 0 Å². The van der Waals surface area contributed by atoms with Crippen molar-refractivity contribution in [2.24, 2.45) is 0 Å². The minimum Gasteiger partial charge on any atom is -0.361 e. The molecule has 0 aliphatic carbocycles. The van der Waals surface area contributed by atoms with Crippen LogP contribution < -0.4 is 10.2 Å². The topological polar surface area (TPSA) is 65.2 Å². The third-order valence-corrected chi connectivity index (χ3v) is 4.73. The first kappa shape index (κ1) is 18.7. The van der Waals surface area contributed by atoms with E-state index in [-0.39, 0.29) is 18.4 Å². The number of para-hydroxylation sites is 1. The molecule has 0 unspecified atom stereocenters. The maximum Gasteiger partial charge on any atom is 0.240 e. The predicted molar refractivity (Wildman–Crippen MR) is 109 cm³/mol. The number of nitrogens with one attached hydrogen (secondary N) is 2. The number of aromatic nitrogens is 1. The fraction of sp³-hybridized carbons (Fsp3) is 0.273. The summed E-state index contributed by atoms with van der Waals surface area (Å²) < 4.78 is 0. The zero-order valence-electron chi connectivity index (χ0n) is 15.8. The van der Waals surface area contributed by atoms with Crippen LogP contribution in [0.15, 0.2) is 54.7 Å². The second kappa shape index (κ2) is 8.54. The van der Waals surface area contributed by atoms with Crippen LogP contribution >= 0.6 is 0 Å². The Morgan fingerprint density at radius 2 is 1.81 bits per heavy atom. The number of rotatable bonds is 7. The van der Waals surface area contributed by atoms with Crippen LogP contribution in [0.4, 0.5) is 5.69 Å². The number of H-pyrrole nitrogens is 1. The number of fused-ring (bicyclic) bond motifs is 1. The van der Waals surface area contributed by atoms with E-state index in [4.69, 9.17) is 0 Å². The Morgan fingerprint density at radius 1 is 1.07 bits per heavy atom. The summed E-state index contributed by atoms with van der Waals surface area (Å²) in [5.41, 5.74) is 4.21. The summed E-state index contributed by atoms with van der Waals surface area (Å²) in [6.45, 7) is 4.11. The Balaban J connectivity index is 1.57. The molecule has 0 aliphatic heterocycles. The van der Waals surface area contributed by atoms with Crippen LogP contribution in [-0.2, 0) is 22.4 Å². The molecule has 0 aliphatic rings. The van der Waals surface area contributed by atoms with E-state index in [1.54, 1.807) is 0 Å². The minimum atomic E-state index is -0.162. The second-order valence-corrected chi connectivity index (χ2v) is 6.58. The Labute approximate surface area is 159 Å². The molecule has 0 radical (unpaired) electrons. The molecule has 0 atom stereocenters. The SMILES string of the molecule is CCc1ccc(N(CC(=O)NCCc2c[nH]c3ccccc23)C(C)=O)cc1. The van der Waals surface area contributed by atoms with Gasteiger partial charge in [-0.3, -0.25) is 9.59 Å². The van der Waals surface area contributed by atoms with Gasteiger partial charge in [-0.1, -0.05) is 37.3 Å². The first-order valence-corrected chi connectivity index (χ1v) is 9.27. The highest BCUT2D eigenvalue weighted by atomic mass is 16.2. The largest absolute Gasteiger partial charge is 0.361 e. The van der Waals surface area contributed by atoms with Crippen molar-refractivity contribution in [1.82, 2.24) is 10.3 Å². The zero-order chi connectivity index (χ0) is 19.2. The second-order valence-electron chi connectivity index (χ2n) is 6.58. The van der Waals surface area contributed by atoms with E-state index in [1.807, 2.05) is 48.7 Å². The average Bonchev–Trinajstić information content (AvgIpc) is 3.09. The summed E-state index contributed by atoms with van der Waals surface area (Å²) in [5, 5.41) is 4.09. The van der Waals surface area contributed by atoms with Crippen molar-refractivity contribution in [2.45, 2.75) is 26.7 Å². The van der Waals surface area contributed by atoms with Crippen LogP contribution in [-0.4, -0.2) is 29.9 Å². The summed E-state index contributed by atoms with van der Waals surface area (Å²) in [5.74, 6) is -0.310. The predicted octanol–water partition coefficient (Wildman–Crippen LogP) is 3.44. The van der Waals surface area contributed by atoms with Crippen molar-refractivity contribution in [2.75, 3.05) is 18.0 Å². The molecule has 140 valence electrons. The number of hydrogen-bond donors (Lipinski definition) is 2. The van der Waals surface area contributed by atoms with E-state index in [0.29, 0.717) is 6.54 Å². The number of nitrogens with zero attached hydrogens (tertiary/aromatic N) is 1. The highest BCUT2D eigenvalue weighted by Gasteiger charge is 2.15. The summed E-state index contributed by atoms with van der Waals surface area (Å²) in [4.78, 5) is 29.1. The number of anilines is 1. The first-order chi connectivity index (χ1) is 13.1. The number of hydrogen-bond acceptors (Lipinski definition) is 2. The number of aromatic amines is 1. The van der Waals surface area contributed by atoms with Crippen LogP contribution in [0.2, 0.25) is 0 Å². The van der Waals surface area contributed by atoms with Gasteiger partial charge in [0, 0.05) is 36.3 Å². The molecule has 0 bridgehead atoms. The molecule has 0 saturated heterocycles. The molecule has 3 aromatic rings. The van der Waals surface area contributed by atoms with Gasteiger partial charge in [0.05, 0.1) is 0 Å². The molecule has 1 aromatic heterocycles. The van der Waals surface area contributed by atoms with E-state index in [9.17, 15) is 9.59 Å². The third kappa shape index (κ3) is 4.56. The molecular weight excluding hydrogens is 338 g/mol. The molecule has 27 heavy (non-hydrogen) atoms. The van der Waals surface area contributed by atoms with Gasteiger partial charge in [-0.2, -0.15) is 0 Å². The Kier molecular flexibility index (Phi) is 5.91. The molecule has 2 aromatic carbocycles. The molecule has 0 saturated carbocycles. The van der Waals surface area contributed by atoms with Crippen molar-refractivity contribution in [3.63, 3.8) is 0 Å². The maximum absolute atomic E-state index is 12.3. The standard InChI is InChI=1S/C22H25N3O2/c1-3-17-8-10-19(11-9-17)25(16(2)26)15-22(27)23-13-12-18-14-24-21-7-5-4-6-20(18)21/h4-11,14,24H,3,12-13,15H2,1-2H3,(H,23,27). The van der Waals surface area contributed by atoms with Crippen molar-refractivity contribution in [1.29, 1.82) is 0 Å². The van der Waals surface area contributed by atoms with Gasteiger partial charge in [-0.05, 0) is 42.2 Å². The van der Waals surface area contributed by atoms with E-state index in [0.717, 1.165) is 24.0 Å². The highest BCUT2D eigenvalue weighted by Crippen LogP contribution is 2.18. The molecule has 2 N–H and O–H groups in total. The normalized spacial score (nSPS) is 10.7. The van der Waals surface area contributed by atoms with Crippen LogP contribution in [0.5, 0.6) is 0 Å². The first-order valence-electron chi connectivity index (χ1n) is 9.27. The fourth-order valence-corrected chi connectivity index (χ4v) is 3.17. The third-order valence-electron chi connectivity index (χ3n) is 4.73. The van der Waals surface area contributed by atoms with Crippen LogP contribution in [0.3, 0.4) is 0 Å². The lowest BCUT2D eigenvalue weighted by Crippen LogP contribution is -2.40. The highest BCUT2D eigenvalue weighted by molar-refractivity contribution is 5.97. The van der Waals surface area contributed by atoms with Gasteiger partial charge in [-0.15, -0.1) is 0 Å². The van der Waals surface area contributed by atoms with Crippen LogP contribution in [0.25, 0.3) is 10.9 Å². The number of benzene rings is 2. The van der Waals surface area contributed by atoms with Gasteiger partial charge in [0.15, 0.2) is 0 Å². The molecular formula is C22H25N3O2. The van der Waals surface area contributed by atoms with Gasteiger partial charge < -0.3 is 15.2 Å². The van der Waals surface area contributed by atoms with Gasteiger partial charge in [0.1, 0.15) is 6.54 Å².